The van der Waals surface area contributed by atoms with Crippen LogP contribution in [0.15, 0.2) is 0 Å². The third-order valence-electron chi connectivity index (χ3n) is 6.09. The molecule has 104 valence electrons. The third kappa shape index (κ3) is 3.10. The highest BCUT2D eigenvalue weighted by Gasteiger charge is 2.39. The van der Waals surface area contributed by atoms with Crippen molar-refractivity contribution >= 4 is 0 Å². The fourth-order valence-corrected chi connectivity index (χ4v) is 5.04. The van der Waals surface area contributed by atoms with Gasteiger partial charge >= 0.3 is 0 Å². The predicted molar refractivity (Wildman–Crippen MR) is 75.4 cm³/mol. The zero-order valence-corrected chi connectivity index (χ0v) is 11.8. The topological polar surface area (TPSA) is 20.2 Å². The van der Waals surface area contributed by atoms with Gasteiger partial charge in [0.1, 0.15) is 0 Å². The molecular formula is C17H30O. The summed E-state index contributed by atoms with van der Waals surface area (Å²) in [7, 11) is 0. The van der Waals surface area contributed by atoms with E-state index in [1.807, 2.05) is 0 Å². The largest absolute Gasteiger partial charge is 0.393 e. The highest BCUT2D eigenvalue weighted by atomic mass is 16.3. The fraction of sp³-hybridized carbons (Fsp3) is 1.00. The standard InChI is InChI=1S/C17H30O/c18-17(9-7-13-4-2-1-3-5-13)12-16-11-14-6-8-15(16)10-14/h13-18H,1-12H2. The average Bonchev–Trinajstić information content (AvgIpc) is 3.00. The van der Waals surface area contributed by atoms with Crippen LogP contribution in [0.2, 0.25) is 0 Å². The van der Waals surface area contributed by atoms with Crippen LogP contribution in [0.4, 0.5) is 0 Å². The SMILES string of the molecule is OC(CCC1CCCCC1)CC1CC2CCC1C2. The Labute approximate surface area is 112 Å². The van der Waals surface area contributed by atoms with Gasteiger partial charge in [0.25, 0.3) is 0 Å². The van der Waals surface area contributed by atoms with Crippen molar-refractivity contribution in [2.24, 2.45) is 23.7 Å². The first-order chi connectivity index (χ1) is 8.81. The molecule has 0 saturated heterocycles. The lowest BCUT2D eigenvalue weighted by atomic mass is 9.82. The molecule has 0 aromatic heterocycles. The molecule has 4 unspecified atom stereocenters. The molecule has 3 fully saturated rings. The van der Waals surface area contributed by atoms with Crippen molar-refractivity contribution in [2.75, 3.05) is 0 Å². The zero-order chi connectivity index (χ0) is 12.4. The van der Waals surface area contributed by atoms with E-state index in [0.29, 0.717) is 0 Å². The van der Waals surface area contributed by atoms with Gasteiger partial charge in [0.05, 0.1) is 6.10 Å². The minimum absolute atomic E-state index is 0.0104. The van der Waals surface area contributed by atoms with Crippen LogP contribution in [-0.4, -0.2) is 11.2 Å². The lowest BCUT2D eigenvalue weighted by Gasteiger charge is -2.26. The predicted octanol–water partition coefficient (Wildman–Crippen LogP) is 4.53. The van der Waals surface area contributed by atoms with Gasteiger partial charge in [-0.2, -0.15) is 0 Å². The van der Waals surface area contributed by atoms with Gasteiger partial charge in [-0.1, -0.05) is 38.5 Å². The van der Waals surface area contributed by atoms with E-state index in [1.165, 1.54) is 64.2 Å². The van der Waals surface area contributed by atoms with Gasteiger partial charge < -0.3 is 5.11 Å². The van der Waals surface area contributed by atoms with Crippen molar-refractivity contribution in [3.63, 3.8) is 0 Å². The van der Waals surface area contributed by atoms with E-state index in [0.717, 1.165) is 36.5 Å². The molecule has 18 heavy (non-hydrogen) atoms. The second-order valence-corrected chi connectivity index (χ2v) is 7.41. The van der Waals surface area contributed by atoms with Gasteiger partial charge in [-0.05, 0) is 62.2 Å². The second-order valence-electron chi connectivity index (χ2n) is 7.41. The van der Waals surface area contributed by atoms with Crippen molar-refractivity contribution in [2.45, 2.75) is 83.2 Å². The van der Waals surface area contributed by atoms with Crippen molar-refractivity contribution < 1.29 is 5.11 Å². The molecule has 3 aliphatic carbocycles. The molecule has 0 aromatic carbocycles. The molecule has 1 nitrogen and oxygen atoms in total. The molecule has 0 spiro atoms. The van der Waals surface area contributed by atoms with Crippen LogP contribution in [-0.2, 0) is 0 Å². The number of hydrogen-bond donors (Lipinski definition) is 1. The molecule has 3 aliphatic rings. The number of rotatable bonds is 5. The summed E-state index contributed by atoms with van der Waals surface area (Å²) in [5.41, 5.74) is 0. The van der Waals surface area contributed by atoms with E-state index in [4.69, 9.17) is 0 Å². The van der Waals surface area contributed by atoms with E-state index in [9.17, 15) is 5.11 Å². The van der Waals surface area contributed by atoms with E-state index < -0.39 is 0 Å². The maximum absolute atomic E-state index is 10.3. The summed E-state index contributed by atoms with van der Waals surface area (Å²) in [5.74, 6) is 3.84. The first-order valence-electron chi connectivity index (χ1n) is 8.49. The molecule has 0 radical (unpaired) electrons. The molecule has 0 amide bonds. The van der Waals surface area contributed by atoms with E-state index in [2.05, 4.69) is 0 Å². The maximum atomic E-state index is 10.3. The highest BCUT2D eigenvalue weighted by molar-refractivity contribution is 4.90. The Hall–Kier alpha value is -0.0400. The van der Waals surface area contributed by atoms with Gasteiger partial charge in [-0.25, -0.2) is 0 Å². The lowest BCUT2D eigenvalue weighted by Crippen LogP contribution is -2.19. The summed E-state index contributed by atoms with van der Waals surface area (Å²) in [6, 6.07) is 0. The Kier molecular flexibility index (Phi) is 4.28. The van der Waals surface area contributed by atoms with E-state index in [-0.39, 0.29) is 6.10 Å². The smallest absolute Gasteiger partial charge is 0.0543 e. The van der Waals surface area contributed by atoms with Crippen LogP contribution in [0.5, 0.6) is 0 Å². The molecule has 3 saturated carbocycles. The minimum Gasteiger partial charge on any atom is -0.393 e. The van der Waals surface area contributed by atoms with Crippen molar-refractivity contribution in [3.8, 4) is 0 Å². The van der Waals surface area contributed by atoms with E-state index in [1.54, 1.807) is 0 Å². The molecule has 1 heteroatoms. The molecule has 2 bridgehead atoms. The molecule has 1 N–H and O–H groups in total. The summed E-state index contributed by atoms with van der Waals surface area (Å²) < 4.78 is 0. The molecule has 0 aromatic rings. The number of aliphatic hydroxyl groups excluding tert-OH is 1. The number of aliphatic hydroxyl groups is 1. The average molecular weight is 250 g/mol. The van der Waals surface area contributed by atoms with Gasteiger partial charge in [0, 0.05) is 0 Å². The minimum atomic E-state index is 0.0104. The summed E-state index contributed by atoms with van der Waals surface area (Å²) in [6.45, 7) is 0. The number of hydrogen-bond acceptors (Lipinski definition) is 1. The van der Waals surface area contributed by atoms with E-state index >= 15 is 0 Å². The van der Waals surface area contributed by atoms with Crippen molar-refractivity contribution in [1.29, 1.82) is 0 Å². The van der Waals surface area contributed by atoms with Gasteiger partial charge in [-0.3, -0.25) is 0 Å². The van der Waals surface area contributed by atoms with Crippen molar-refractivity contribution in [1.82, 2.24) is 0 Å². The Morgan fingerprint density at radius 2 is 1.78 bits per heavy atom. The number of fused-ring (bicyclic) bond motifs is 2. The summed E-state index contributed by atoms with van der Waals surface area (Å²) in [6.07, 6.45) is 16.6. The van der Waals surface area contributed by atoms with Crippen LogP contribution in [0.3, 0.4) is 0 Å². The van der Waals surface area contributed by atoms with Crippen LogP contribution in [0.1, 0.15) is 77.0 Å². The highest BCUT2D eigenvalue weighted by Crippen LogP contribution is 2.50. The normalized spacial score (nSPS) is 38.2. The maximum Gasteiger partial charge on any atom is 0.0543 e. The molecule has 0 aliphatic heterocycles. The summed E-state index contributed by atoms with van der Waals surface area (Å²) in [5, 5.41) is 10.3. The molecular weight excluding hydrogens is 220 g/mol. The molecule has 0 heterocycles. The third-order valence-corrected chi connectivity index (χ3v) is 6.09. The van der Waals surface area contributed by atoms with Crippen LogP contribution in [0, 0.1) is 23.7 Å². The second kappa shape index (κ2) is 5.94. The van der Waals surface area contributed by atoms with Gasteiger partial charge in [0.15, 0.2) is 0 Å². The Morgan fingerprint density at radius 3 is 2.44 bits per heavy atom. The Balaban J connectivity index is 1.35. The quantitative estimate of drug-likeness (QED) is 0.760. The molecule has 3 rings (SSSR count). The fourth-order valence-electron chi connectivity index (χ4n) is 5.04. The van der Waals surface area contributed by atoms with Crippen LogP contribution < -0.4 is 0 Å². The van der Waals surface area contributed by atoms with Crippen LogP contribution >= 0.6 is 0 Å². The first kappa shape index (κ1) is 13.0. The van der Waals surface area contributed by atoms with Gasteiger partial charge in [-0.15, -0.1) is 0 Å². The van der Waals surface area contributed by atoms with Crippen molar-refractivity contribution in [3.05, 3.63) is 0 Å². The lowest BCUT2D eigenvalue weighted by molar-refractivity contribution is 0.107. The summed E-state index contributed by atoms with van der Waals surface area (Å²) >= 11 is 0. The molecule has 4 atom stereocenters. The Bertz CT molecular complexity index is 256. The first-order valence-corrected chi connectivity index (χ1v) is 8.49. The Morgan fingerprint density at radius 1 is 0.944 bits per heavy atom. The monoisotopic (exact) mass is 250 g/mol. The van der Waals surface area contributed by atoms with Gasteiger partial charge in [0.2, 0.25) is 0 Å². The zero-order valence-electron chi connectivity index (χ0n) is 11.8. The summed E-state index contributed by atoms with van der Waals surface area (Å²) in [4.78, 5) is 0. The van der Waals surface area contributed by atoms with Crippen LogP contribution in [0.25, 0.3) is 0 Å².